The van der Waals surface area contributed by atoms with Gasteiger partial charge in [0, 0.05) is 0 Å². The summed E-state index contributed by atoms with van der Waals surface area (Å²) in [7, 11) is 0. The average molecular weight is 407 g/mol. The normalized spacial score (nSPS) is 18.8. The Labute approximate surface area is 183 Å². The lowest BCUT2D eigenvalue weighted by molar-refractivity contribution is 0.288. The van der Waals surface area contributed by atoms with E-state index in [0.717, 1.165) is 37.2 Å². The van der Waals surface area contributed by atoms with Gasteiger partial charge in [-0.1, -0.05) is 70.6 Å². The van der Waals surface area contributed by atoms with Crippen LogP contribution in [0.2, 0.25) is 0 Å². The Hall–Kier alpha value is -2.26. The Morgan fingerprint density at radius 3 is 2.30 bits per heavy atom. The number of aryl methyl sites for hydroxylation is 1. The molecule has 3 nitrogen and oxygen atoms in total. The number of nitriles is 2. The smallest absolute Gasteiger partial charge is 0.138 e. The maximum absolute atomic E-state index is 9.59. The van der Waals surface area contributed by atoms with Crippen LogP contribution in [-0.2, 0) is 6.42 Å². The van der Waals surface area contributed by atoms with Crippen LogP contribution in [0.15, 0.2) is 24.3 Å². The van der Waals surface area contributed by atoms with Gasteiger partial charge >= 0.3 is 0 Å². The summed E-state index contributed by atoms with van der Waals surface area (Å²) >= 11 is 0. The molecule has 0 radical (unpaired) electrons. The summed E-state index contributed by atoms with van der Waals surface area (Å²) < 4.78 is 5.87. The molecule has 0 saturated heterocycles. The van der Waals surface area contributed by atoms with Gasteiger partial charge in [0.15, 0.2) is 0 Å². The number of allylic oxidation sites excluding steroid dienone is 1. The van der Waals surface area contributed by atoms with Gasteiger partial charge in [-0.2, -0.15) is 10.5 Å². The molecule has 1 aliphatic carbocycles. The molecule has 0 unspecified atom stereocenters. The minimum Gasteiger partial charge on any atom is -0.488 e. The molecule has 0 amide bonds. The molecule has 1 aromatic rings. The van der Waals surface area contributed by atoms with Crippen LogP contribution in [0, 0.1) is 34.5 Å². The Balaban J connectivity index is 1.84. The molecule has 0 bridgehead atoms. The topological polar surface area (TPSA) is 56.8 Å². The van der Waals surface area contributed by atoms with Crippen molar-refractivity contribution in [2.24, 2.45) is 11.8 Å². The number of nitrogens with zero attached hydrogens (tertiary/aromatic N) is 2. The van der Waals surface area contributed by atoms with Gasteiger partial charge in [-0.05, 0) is 62.0 Å². The van der Waals surface area contributed by atoms with Crippen molar-refractivity contribution in [3.05, 3.63) is 41.0 Å². The fourth-order valence-electron chi connectivity index (χ4n) is 4.50. The van der Waals surface area contributed by atoms with Crippen molar-refractivity contribution in [2.75, 3.05) is 6.61 Å². The van der Waals surface area contributed by atoms with Crippen molar-refractivity contribution in [1.82, 2.24) is 0 Å². The molecule has 0 aromatic heterocycles. The van der Waals surface area contributed by atoms with Crippen molar-refractivity contribution in [3.8, 4) is 17.9 Å². The van der Waals surface area contributed by atoms with E-state index >= 15 is 0 Å². The minimum absolute atomic E-state index is 0.382. The van der Waals surface area contributed by atoms with E-state index in [2.05, 4.69) is 38.1 Å². The summed E-state index contributed by atoms with van der Waals surface area (Å²) in [5.74, 6) is 2.11. The van der Waals surface area contributed by atoms with Crippen LogP contribution in [0.4, 0.5) is 0 Å². The molecule has 1 aromatic carbocycles. The van der Waals surface area contributed by atoms with E-state index in [-0.39, 0.29) is 0 Å². The first-order chi connectivity index (χ1) is 14.7. The number of rotatable bonds is 12. The third kappa shape index (κ3) is 7.53. The monoisotopic (exact) mass is 406 g/mol. The van der Waals surface area contributed by atoms with Crippen LogP contribution in [0.3, 0.4) is 0 Å². The largest absolute Gasteiger partial charge is 0.488 e. The summed E-state index contributed by atoms with van der Waals surface area (Å²) in [5, 5.41) is 19.2. The van der Waals surface area contributed by atoms with E-state index in [4.69, 9.17) is 4.74 Å². The Kier molecular flexibility index (Phi) is 11.1. The highest BCUT2D eigenvalue weighted by atomic mass is 16.5. The van der Waals surface area contributed by atoms with Gasteiger partial charge in [-0.3, -0.25) is 0 Å². The lowest BCUT2D eigenvalue weighted by Crippen LogP contribution is -2.13. The summed E-state index contributed by atoms with van der Waals surface area (Å²) in [6.07, 6.45) is 19.3. The van der Waals surface area contributed by atoms with Gasteiger partial charge in [-0.15, -0.1) is 0 Å². The highest BCUT2D eigenvalue weighted by molar-refractivity contribution is 5.57. The van der Waals surface area contributed by atoms with E-state index in [9.17, 15) is 10.5 Å². The second-order valence-corrected chi connectivity index (χ2v) is 8.67. The summed E-state index contributed by atoms with van der Waals surface area (Å²) in [5.41, 5.74) is 1.82. The number of unbranched alkanes of at least 4 members (excludes halogenated alkanes) is 4. The Morgan fingerprint density at radius 2 is 1.63 bits per heavy atom. The molecule has 0 spiro atoms. The SMILES string of the molecule is CCCCCc1ccc(OC/C=C/[C@H]2CC[C@H](CCCCC)CC2)c(C#N)c1C#N. The van der Waals surface area contributed by atoms with E-state index in [1.165, 1.54) is 51.4 Å². The first-order valence-corrected chi connectivity index (χ1v) is 12.0. The molecular formula is C27H38N2O. The van der Waals surface area contributed by atoms with Crippen molar-refractivity contribution in [1.29, 1.82) is 10.5 Å². The quantitative estimate of drug-likeness (QED) is 0.267. The molecule has 0 heterocycles. The second kappa shape index (κ2) is 13.9. The van der Waals surface area contributed by atoms with E-state index in [0.29, 0.717) is 29.4 Å². The zero-order chi connectivity index (χ0) is 21.6. The highest BCUT2D eigenvalue weighted by Crippen LogP contribution is 2.32. The molecule has 1 fully saturated rings. The fraction of sp³-hybridized carbons (Fsp3) is 0.630. The van der Waals surface area contributed by atoms with Gasteiger partial charge in [0.2, 0.25) is 0 Å². The molecule has 1 aliphatic rings. The average Bonchev–Trinajstić information content (AvgIpc) is 2.78. The van der Waals surface area contributed by atoms with Gasteiger partial charge < -0.3 is 4.74 Å². The van der Waals surface area contributed by atoms with Gasteiger partial charge in [0.05, 0.1) is 5.56 Å². The molecular weight excluding hydrogens is 368 g/mol. The Morgan fingerprint density at radius 1 is 0.933 bits per heavy atom. The van der Waals surface area contributed by atoms with Crippen LogP contribution >= 0.6 is 0 Å². The van der Waals surface area contributed by atoms with Crippen LogP contribution in [0.5, 0.6) is 5.75 Å². The second-order valence-electron chi connectivity index (χ2n) is 8.67. The zero-order valence-corrected chi connectivity index (χ0v) is 19.0. The van der Waals surface area contributed by atoms with Gasteiger partial charge in [0.1, 0.15) is 30.1 Å². The van der Waals surface area contributed by atoms with Crippen molar-refractivity contribution in [2.45, 2.75) is 90.9 Å². The predicted molar refractivity (Wildman–Crippen MR) is 123 cm³/mol. The maximum atomic E-state index is 9.59. The Bertz CT molecular complexity index is 745. The van der Waals surface area contributed by atoms with E-state index in [1.54, 1.807) is 0 Å². The summed E-state index contributed by atoms with van der Waals surface area (Å²) in [6, 6.07) is 8.23. The lowest BCUT2D eigenvalue weighted by Gasteiger charge is -2.26. The predicted octanol–water partition coefficient (Wildman–Crippen LogP) is 7.48. The summed E-state index contributed by atoms with van der Waals surface area (Å²) in [4.78, 5) is 0. The van der Waals surface area contributed by atoms with E-state index < -0.39 is 0 Å². The molecule has 162 valence electrons. The number of hydrogen-bond acceptors (Lipinski definition) is 3. The molecule has 1 saturated carbocycles. The first-order valence-electron chi connectivity index (χ1n) is 12.0. The molecule has 3 heteroatoms. The maximum Gasteiger partial charge on any atom is 0.138 e. The molecule has 2 rings (SSSR count). The van der Waals surface area contributed by atoms with Gasteiger partial charge in [0.25, 0.3) is 0 Å². The molecule has 0 aliphatic heterocycles. The zero-order valence-electron chi connectivity index (χ0n) is 19.0. The molecule has 30 heavy (non-hydrogen) atoms. The van der Waals surface area contributed by atoms with Crippen LogP contribution < -0.4 is 4.74 Å². The van der Waals surface area contributed by atoms with Crippen molar-refractivity contribution >= 4 is 0 Å². The third-order valence-corrected chi connectivity index (χ3v) is 6.38. The molecule has 0 N–H and O–H groups in total. The standard InChI is InChI=1S/C27H38N2O/c1-3-5-7-10-22-13-15-23(16-14-22)11-9-19-30-27-18-17-24(12-8-6-4-2)25(20-28)26(27)21-29/h9,11,17-18,22-23H,3-8,10,12-16,19H2,1-2H3/b11-9+/t22-,23-. The van der Waals surface area contributed by atoms with Crippen LogP contribution in [0.1, 0.15) is 101 Å². The lowest BCUT2D eigenvalue weighted by atomic mass is 9.79. The minimum atomic E-state index is 0.382. The van der Waals surface area contributed by atoms with Crippen molar-refractivity contribution < 1.29 is 4.74 Å². The number of hydrogen-bond donors (Lipinski definition) is 0. The molecule has 0 atom stereocenters. The van der Waals surface area contributed by atoms with Crippen LogP contribution in [0.25, 0.3) is 0 Å². The number of ether oxygens (including phenoxy) is 1. The third-order valence-electron chi connectivity index (χ3n) is 6.38. The fourth-order valence-corrected chi connectivity index (χ4v) is 4.50. The highest BCUT2D eigenvalue weighted by Gasteiger charge is 2.19. The van der Waals surface area contributed by atoms with E-state index in [1.807, 2.05) is 12.1 Å². The first kappa shape index (κ1) is 24.0. The van der Waals surface area contributed by atoms with Crippen LogP contribution in [-0.4, -0.2) is 6.61 Å². The number of benzene rings is 1. The van der Waals surface area contributed by atoms with Gasteiger partial charge in [-0.25, -0.2) is 0 Å². The summed E-state index contributed by atoms with van der Waals surface area (Å²) in [6.45, 7) is 4.88. The van der Waals surface area contributed by atoms with Crippen molar-refractivity contribution in [3.63, 3.8) is 0 Å².